The van der Waals surface area contributed by atoms with Crippen molar-refractivity contribution in [2.75, 3.05) is 12.0 Å². The summed E-state index contributed by atoms with van der Waals surface area (Å²) < 4.78 is 35.4. The Morgan fingerprint density at radius 2 is 2.15 bits per heavy atom. The molecule has 0 saturated heterocycles. The van der Waals surface area contributed by atoms with Crippen molar-refractivity contribution in [3.8, 4) is 0 Å². The third-order valence-electron chi connectivity index (χ3n) is 2.33. The monoisotopic (exact) mass is 303 g/mol. The topological polar surface area (TPSA) is 122 Å². The van der Waals surface area contributed by atoms with Gasteiger partial charge in [-0.05, 0) is 6.07 Å². The first kappa shape index (κ1) is 15.9. The lowest BCUT2D eigenvalue weighted by atomic mass is 10.1. The van der Waals surface area contributed by atoms with Crippen LogP contribution in [-0.2, 0) is 21.2 Å². The molecule has 1 aromatic carbocycles. The van der Waals surface area contributed by atoms with E-state index in [0.717, 1.165) is 12.3 Å². The van der Waals surface area contributed by atoms with Crippen molar-refractivity contribution in [1.82, 2.24) is 5.32 Å². The van der Waals surface area contributed by atoms with Gasteiger partial charge in [0.1, 0.15) is 11.6 Å². The minimum Gasteiger partial charge on any atom is -0.409 e. The van der Waals surface area contributed by atoms with Gasteiger partial charge in [-0.15, -0.1) is 0 Å². The number of benzene rings is 1. The first-order chi connectivity index (χ1) is 9.23. The number of carbonyl (C=O) groups excluding carboxylic acids is 1. The highest BCUT2D eigenvalue weighted by Gasteiger charge is 2.12. The molecule has 0 radical (unpaired) electrons. The normalized spacial score (nSPS) is 12.2. The summed E-state index contributed by atoms with van der Waals surface area (Å²) in [6, 6.07) is 3.81. The molecular weight excluding hydrogens is 289 g/mol. The SMILES string of the molecule is CS(=O)(=O)CC(=O)NCc1ccc(C(N)=NO)cc1F. The average Bonchev–Trinajstić information content (AvgIpc) is 2.34. The predicted octanol–water partition coefficient (Wildman–Crippen LogP) is -0.419. The summed E-state index contributed by atoms with van der Waals surface area (Å²) >= 11 is 0. The molecule has 9 heteroatoms. The fourth-order valence-corrected chi connectivity index (χ4v) is 1.97. The van der Waals surface area contributed by atoms with E-state index in [-0.39, 0.29) is 23.5 Å². The van der Waals surface area contributed by atoms with Gasteiger partial charge in [-0.25, -0.2) is 12.8 Å². The van der Waals surface area contributed by atoms with Gasteiger partial charge in [0.2, 0.25) is 5.91 Å². The molecule has 0 saturated carbocycles. The van der Waals surface area contributed by atoms with E-state index < -0.39 is 27.3 Å². The standard InChI is InChI=1S/C11H14FN3O4S/c1-20(18,19)6-10(16)14-5-8-3-2-7(4-9(8)12)11(13)15-17/h2-4,17H,5-6H2,1H3,(H2,13,15)(H,14,16). The summed E-state index contributed by atoms with van der Waals surface area (Å²) in [4.78, 5) is 11.3. The van der Waals surface area contributed by atoms with Crippen molar-refractivity contribution in [2.45, 2.75) is 6.54 Å². The smallest absolute Gasteiger partial charge is 0.235 e. The third kappa shape index (κ3) is 4.84. The molecule has 0 fully saturated rings. The number of hydrogen-bond donors (Lipinski definition) is 3. The molecule has 4 N–H and O–H groups in total. The number of amides is 1. The number of nitrogens with two attached hydrogens (primary N) is 1. The number of sulfone groups is 1. The summed E-state index contributed by atoms with van der Waals surface area (Å²) in [5.74, 6) is -2.27. The number of nitrogens with one attached hydrogen (secondary N) is 1. The molecule has 110 valence electrons. The molecule has 7 nitrogen and oxygen atoms in total. The molecule has 1 aromatic rings. The maximum atomic E-state index is 13.7. The third-order valence-corrected chi connectivity index (χ3v) is 3.11. The van der Waals surface area contributed by atoms with Crippen LogP contribution in [0.1, 0.15) is 11.1 Å². The quantitative estimate of drug-likeness (QED) is 0.295. The number of oxime groups is 1. The summed E-state index contributed by atoms with van der Waals surface area (Å²) in [6.07, 6.45) is 0.930. The molecule has 0 aromatic heterocycles. The highest BCUT2D eigenvalue weighted by atomic mass is 32.2. The van der Waals surface area contributed by atoms with E-state index in [1.54, 1.807) is 0 Å². The van der Waals surface area contributed by atoms with Crippen LogP contribution < -0.4 is 11.1 Å². The van der Waals surface area contributed by atoms with Crippen LogP contribution in [0.3, 0.4) is 0 Å². The Kier molecular flexibility index (Phi) is 5.03. The van der Waals surface area contributed by atoms with E-state index in [4.69, 9.17) is 10.9 Å². The zero-order valence-electron chi connectivity index (χ0n) is 10.6. The Balaban J connectivity index is 2.73. The molecule has 20 heavy (non-hydrogen) atoms. The summed E-state index contributed by atoms with van der Waals surface area (Å²) in [6.45, 7) is -0.156. The van der Waals surface area contributed by atoms with Gasteiger partial charge in [0.25, 0.3) is 0 Å². The molecule has 0 aliphatic rings. The lowest BCUT2D eigenvalue weighted by Crippen LogP contribution is -2.29. The van der Waals surface area contributed by atoms with Gasteiger partial charge in [0.05, 0.1) is 0 Å². The number of halogens is 1. The van der Waals surface area contributed by atoms with Crippen LogP contribution in [-0.4, -0.2) is 37.4 Å². The van der Waals surface area contributed by atoms with Crippen molar-refractivity contribution >= 4 is 21.6 Å². The molecule has 0 heterocycles. The lowest BCUT2D eigenvalue weighted by molar-refractivity contribution is -0.118. The molecule has 0 spiro atoms. The molecule has 0 atom stereocenters. The van der Waals surface area contributed by atoms with Gasteiger partial charge < -0.3 is 16.3 Å². The first-order valence-electron chi connectivity index (χ1n) is 5.43. The second kappa shape index (κ2) is 6.33. The van der Waals surface area contributed by atoms with Crippen molar-refractivity contribution in [2.24, 2.45) is 10.9 Å². The summed E-state index contributed by atoms with van der Waals surface area (Å²) in [5, 5.41) is 13.5. The van der Waals surface area contributed by atoms with Gasteiger partial charge in [-0.2, -0.15) is 0 Å². The number of carbonyl (C=O) groups is 1. The number of rotatable bonds is 5. The van der Waals surface area contributed by atoms with Crippen LogP contribution in [0.25, 0.3) is 0 Å². The van der Waals surface area contributed by atoms with E-state index in [1.807, 2.05) is 0 Å². The Morgan fingerprint density at radius 1 is 1.50 bits per heavy atom. The van der Waals surface area contributed by atoms with Crippen LogP contribution >= 0.6 is 0 Å². The van der Waals surface area contributed by atoms with Crippen LogP contribution in [0.15, 0.2) is 23.4 Å². The largest absolute Gasteiger partial charge is 0.409 e. The Hall–Kier alpha value is -2.16. The molecule has 0 unspecified atom stereocenters. The van der Waals surface area contributed by atoms with Gasteiger partial charge in [0.15, 0.2) is 15.7 Å². The molecule has 0 bridgehead atoms. The van der Waals surface area contributed by atoms with Crippen molar-refractivity contribution < 1.29 is 22.8 Å². The maximum Gasteiger partial charge on any atom is 0.235 e. The highest BCUT2D eigenvalue weighted by molar-refractivity contribution is 7.91. The van der Waals surface area contributed by atoms with E-state index in [9.17, 15) is 17.6 Å². The van der Waals surface area contributed by atoms with Gasteiger partial charge in [-0.3, -0.25) is 4.79 Å². The molecule has 1 rings (SSSR count). The van der Waals surface area contributed by atoms with Gasteiger partial charge >= 0.3 is 0 Å². The fourth-order valence-electron chi connectivity index (χ4n) is 1.39. The minimum absolute atomic E-state index is 0.154. The minimum atomic E-state index is -3.43. The fraction of sp³-hybridized carbons (Fsp3) is 0.273. The summed E-state index contributed by atoms with van der Waals surface area (Å²) in [5.41, 5.74) is 5.65. The Bertz CT molecular complexity index is 643. The summed E-state index contributed by atoms with van der Waals surface area (Å²) in [7, 11) is -3.43. The molecular formula is C11H14FN3O4S. The van der Waals surface area contributed by atoms with E-state index in [1.165, 1.54) is 12.1 Å². The van der Waals surface area contributed by atoms with E-state index in [0.29, 0.717) is 0 Å². The number of hydrogen-bond acceptors (Lipinski definition) is 5. The second-order valence-electron chi connectivity index (χ2n) is 4.14. The predicted molar refractivity (Wildman–Crippen MR) is 70.5 cm³/mol. The van der Waals surface area contributed by atoms with Gasteiger partial charge in [0, 0.05) is 23.9 Å². The van der Waals surface area contributed by atoms with E-state index in [2.05, 4.69) is 10.5 Å². The highest BCUT2D eigenvalue weighted by Crippen LogP contribution is 2.10. The van der Waals surface area contributed by atoms with Crippen molar-refractivity contribution in [3.63, 3.8) is 0 Å². The van der Waals surface area contributed by atoms with Crippen LogP contribution in [0, 0.1) is 5.82 Å². The van der Waals surface area contributed by atoms with Crippen LogP contribution in [0.5, 0.6) is 0 Å². The molecule has 0 aliphatic carbocycles. The Labute approximate surface area is 115 Å². The van der Waals surface area contributed by atoms with Gasteiger partial charge in [-0.1, -0.05) is 17.3 Å². The van der Waals surface area contributed by atoms with E-state index >= 15 is 0 Å². The maximum absolute atomic E-state index is 13.7. The lowest BCUT2D eigenvalue weighted by Gasteiger charge is -2.07. The molecule has 1 amide bonds. The number of amidine groups is 1. The zero-order chi connectivity index (χ0) is 15.3. The van der Waals surface area contributed by atoms with Crippen molar-refractivity contribution in [3.05, 3.63) is 35.1 Å². The Morgan fingerprint density at radius 3 is 2.65 bits per heavy atom. The molecule has 0 aliphatic heterocycles. The first-order valence-corrected chi connectivity index (χ1v) is 7.49. The van der Waals surface area contributed by atoms with Crippen molar-refractivity contribution in [1.29, 1.82) is 0 Å². The van der Waals surface area contributed by atoms with Crippen LogP contribution in [0.2, 0.25) is 0 Å². The second-order valence-corrected chi connectivity index (χ2v) is 6.28. The van der Waals surface area contributed by atoms with Crippen LogP contribution in [0.4, 0.5) is 4.39 Å². The average molecular weight is 303 g/mol. The zero-order valence-corrected chi connectivity index (χ0v) is 11.4. The number of nitrogens with zero attached hydrogens (tertiary/aromatic N) is 1.